The molecule has 0 fully saturated rings. The van der Waals surface area contributed by atoms with Crippen LogP contribution in [0.3, 0.4) is 0 Å². The molecule has 2 nitrogen and oxygen atoms in total. The van der Waals surface area contributed by atoms with E-state index in [0.29, 0.717) is 11.3 Å². The summed E-state index contributed by atoms with van der Waals surface area (Å²) >= 11 is 0. The van der Waals surface area contributed by atoms with Crippen LogP contribution >= 0.6 is 0 Å². The maximum Gasteiger partial charge on any atom is 0.147 e. The van der Waals surface area contributed by atoms with Crippen molar-refractivity contribution in [1.29, 1.82) is 0 Å². The van der Waals surface area contributed by atoms with Gasteiger partial charge in [-0.05, 0) is 61.7 Å². The Bertz CT molecular complexity index is 602. The molecule has 1 atom stereocenters. The highest BCUT2D eigenvalue weighted by molar-refractivity contribution is 5.64. The first-order valence-corrected chi connectivity index (χ1v) is 6.68. The molecular formula is C17H20FNO. The fourth-order valence-electron chi connectivity index (χ4n) is 2.34. The lowest BCUT2D eigenvalue weighted by atomic mass is 10.1. The van der Waals surface area contributed by atoms with Gasteiger partial charge in [-0.2, -0.15) is 0 Å². The minimum Gasteiger partial charge on any atom is -0.389 e. The number of hydrogen-bond acceptors (Lipinski definition) is 2. The maximum atomic E-state index is 14.2. The number of aliphatic hydroxyl groups is 1. The van der Waals surface area contributed by atoms with E-state index < -0.39 is 6.10 Å². The molecule has 0 spiro atoms. The van der Waals surface area contributed by atoms with E-state index in [2.05, 4.69) is 6.07 Å². The fourth-order valence-corrected chi connectivity index (χ4v) is 2.34. The Morgan fingerprint density at radius 2 is 1.65 bits per heavy atom. The molecule has 20 heavy (non-hydrogen) atoms. The lowest BCUT2D eigenvalue weighted by Crippen LogP contribution is -2.12. The molecule has 0 radical (unpaired) electrons. The molecule has 0 aliphatic rings. The Morgan fingerprint density at radius 3 is 2.15 bits per heavy atom. The van der Waals surface area contributed by atoms with Gasteiger partial charge in [0.1, 0.15) is 5.82 Å². The summed E-state index contributed by atoms with van der Waals surface area (Å²) in [5.74, 6) is -0.329. The van der Waals surface area contributed by atoms with Crippen LogP contribution in [0, 0.1) is 19.7 Å². The molecule has 0 aromatic heterocycles. The molecular weight excluding hydrogens is 253 g/mol. The lowest BCUT2D eigenvalue weighted by molar-refractivity contribution is 0.199. The van der Waals surface area contributed by atoms with Gasteiger partial charge in [-0.25, -0.2) is 4.39 Å². The highest BCUT2D eigenvalue weighted by Crippen LogP contribution is 2.29. The van der Waals surface area contributed by atoms with E-state index in [1.165, 1.54) is 6.07 Å². The topological polar surface area (TPSA) is 23.5 Å². The second kappa shape index (κ2) is 5.63. The van der Waals surface area contributed by atoms with Crippen molar-refractivity contribution in [2.45, 2.75) is 26.9 Å². The summed E-state index contributed by atoms with van der Waals surface area (Å²) in [7, 11) is 1.84. The first-order valence-electron chi connectivity index (χ1n) is 6.68. The molecule has 0 aliphatic heterocycles. The molecule has 0 saturated carbocycles. The summed E-state index contributed by atoms with van der Waals surface area (Å²) in [5, 5.41) is 9.49. The summed E-state index contributed by atoms with van der Waals surface area (Å²) in [5.41, 5.74) is 4.33. The Labute approximate surface area is 119 Å². The van der Waals surface area contributed by atoms with Gasteiger partial charge < -0.3 is 10.0 Å². The Hall–Kier alpha value is -1.87. The molecule has 0 unspecified atom stereocenters. The van der Waals surface area contributed by atoms with Crippen LogP contribution in [0.4, 0.5) is 15.8 Å². The van der Waals surface area contributed by atoms with Crippen molar-refractivity contribution >= 4 is 11.4 Å². The highest BCUT2D eigenvalue weighted by Gasteiger charge is 2.12. The monoisotopic (exact) mass is 273 g/mol. The minimum atomic E-state index is -0.662. The molecule has 106 valence electrons. The average Bonchev–Trinajstić information content (AvgIpc) is 2.36. The van der Waals surface area contributed by atoms with E-state index in [0.717, 1.165) is 16.8 Å². The SMILES string of the molecule is Cc1cc(C)cc(N(C)c2ccc([C@@H](C)O)cc2F)c1. The number of rotatable bonds is 3. The van der Waals surface area contributed by atoms with E-state index in [9.17, 15) is 9.50 Å². The smallest absolute Gasteiger partial charge is 0.147 e. The molecule has 0 aliphatic carbocycles. The quantitative estimate of drug-likeness (QED) is 0.903. The van der Waals surface area contributed by atoms with Crippen LogP contribution in [-0.2, 0) is 0 Å². The number of aliphatic hydroxyl groups excluding tert-OH is 1. The molecule has 3 heteroatoms. The predicted octanol–water partition coefficient (Wildman–Crippen LogP) is 4.26. The summed E-state index contributed by atoms with van der Waals surface area (Å²) in [6.07, 6.45) is -0.662. The van der Waals surface area contributed by atoms with Gasteiger partial charge in [-0.15, -0.1) is 0 Å². The van der Waals surface area contributed by atoms with Gasteiger partial charge in [-0.1, -0.05) is 12.1 Å². The lowest BCUT2D eigenvalue weighted by Gasteiger charge is -2.22. The second-order valence-corrected chi connectivity index (χ2v) is 5.29. The fraction of sp³-hybridized carbons (Fsp3) is 0.294. The zero-order chi connectivity index (χ0) is 14.9. The van der Waals surface area contributed by atoms with E-state index in [1.54, 1.807) is 19.1 Å². The van der Waals surface area contributed by atoms with Crippen LogP contribution in [0.2, 0.25) is 0 Å². The second-order valence-electron chi connectivity index (χ2n) is 5.29. The van der Waals surface area contributed by atoms with Crippen LogP contribution < -0.4 is 4.90 Å². The molecule has 2 rings (SSSR count). The summed E-state index contributed by atoms with van der Waals surface area (Å²) < 4.78 is 14.2. The molecule has 0 amide bonds. The predicted molar refractivity (Wildman–Crippen MR) is 81.0 cm³/mol. The minimum absolute atomic E-state index is 0.329. The van der Waals surface area contributed by atoms with Crippen molar-refractivity contribution in [3.05, 3.63) is 58.9 Å². The Balaban J connectivity index is 2.40. The first-order chi connectivity index (χ1) is 9.38. The highest BCUT2D eigenvalue weighted by atomic mass is 19.1. The third kappa shape index (κ3) is 2.99. The maximum absolute atomic E-state index is 14.2. The summed E-state index contributed by atoms with van der Waals surface area (Å²) in [4.78, 5) is 1.82. The van der Waals surface area contributed by atoms with E-state index in [4.69, 9.17) is 0 Å². The van der Waals surface area contributed by atoms with Crippen molar-refractivity contribution in [3.8, 4) is 0 Å². The van der Waals surface area contributed by atoms with Gasteiger partial charge in [0, 0.05) is 12.7 Å². The molecule has 2 aromatic carbocycles. The summed E-state index contributed by atoms with van der Waals surface area (Å²) in [6.45, 7) is 5.68. The summed E-state index contributed by atoms with van der Waals surface area (Å²) in [6, 6.07) is 11.0. The van der Waals surface area contributed by atoms with E-state index in [1.807, 2.05) is 37.9 Å². The standard InChI is InChI=1S/C17H20FNO/c1-11-7-12(2)9-15(8-11)19(4)17-6-5-14(13(3)20)10-16(17)18/h5-10,13,20H,1-4H3/t13-/m1/s1. The molecule has 0 saturated heterocycles. The average molecular weight is 273 g/mol. The van der Waals surface area contributed by atoms with Crippen LogP contribution in [-0.4, -0.2) is 12.2 Å². The van der Waals surface area contributed by atoms with E-state index >= 15 is 0 Å². The van der Waals surface area contributed by atoms with E-state index in [-0.39, 0.29) is 5.82 Å². The van der Waals surface area contributed by atoms with Crippen LogP contribution in [0.1, 0.15) is 29.7 Å². The van der Waals surface area contributed by atoms with Crippen LogP contribution in [0.15, 0.2) is 36.4 Å². The van der Waals surface area contributed by atoms with Gasteiger partial charge in [0.15, 0.2) is 0 Å². The Morgan fingerprint density at radius 1 is 1.05 bits per heavy atom. The van der Waals surface area contributed by atoms with Gasteiger partial charge in [0.05, 0.1) is 11.8 Å². The zero-order valence-corrected chi connectivity index (χ0v) is 12.3. The zero-order valence-electron chi connectivity index (χ0n) is 12.3. The van der Waals surface area contributed by atoms with Gasteiger partial charge in [-0.3, -0.25) is 0 Å². The third-order valence-electron chi connectivity index (χ3n) is 3.41. The number of nitrogens with zero attached hydrogens (tertiary/aromatic N) is 1. The Kier molecular flexibility index (Phi) is 4.09. The van der Waals surface area contributed by atoms with Crippen LogP contribution in [0.25, 0.3) is 0 Å². The van der Waals surface area contributed by atoms with Crippen molar-refractivity contribution in [2.24, 2.45) is 0 Å². The van der Waals surface area contributed by atoms with Crippen molar-refractivity contribution in [3.63, 3.8) is 0 Å². The molecule has 1 N–H and O–H groups in total. The van der Waals surface area contributed by atoms with Gasteiger partial charge >= 0.3 is 0 Å². The van der Waals surface area contributed by atoms with Gasteiger partial charge in [0.25, 0.3) is 0 Å². The molecule has 0 heterocycles. The normalized spacial score (nSPS) is 12.3. The van der Waals surface area contributed by atoms with Crippen molar-refractivity contribution in [1.82, 2.24) is 0 Å². The third-order valence-corrected chi connectivity index (χ3v) is 3.41. The largest absolute Gasteiger partial charge is 0.389 e. The number of hydrogen-bond donors (Lipinski definition) is 1. The number of aryl methyl sites for hydroxylation is 2. The molecule has 0 bridgehead atoms. The number of anilines is 2. The van der Waals surface area contributed by atoms with Crippen LogP contribution in [0.5, 0.6) is 0 Å². The number of halogens is 1. The van der Waals surface area contributed by atoms with Gasteiger partial charge in [0.2, 0.25) is 0 Å². The van der Waals surface area contributed by atoms with Crippen molar-refractivity contribution in [2.75, 3.05) is 11.9 Å². The molecule has 2 aromatic rings. The van der Waals surface area contributed by atoms with Crippen molar-refractivity contribution < 1.29 is 9.50 Å². The number of benzene rings is 2. The first kappa shape index (κ1) is 14.5.